The summed E-state index contributed by atoms with van der Waals surface area (Å²) in [5.74, 6) is 0.913. The first kappa shape index (κ1) is 18.5. The fourth-order valence-electron chi connectivity index (χ4n) is 4.87. The maximum Gasteiger partial charge on any atom is 0.196 e. The Kier molecular flexibility index (Phi) is 4.75. The molecule has 0 aromatic heterocycles. The Morgan fingerprint density at radius 3 is 2.67 bits per heavy atom. The number of likely N-dealkylation sites (tertiary alicyclic amines) is 1. The summed E-state index contributed by atoms with van der Waals surface area (Å²) in [5.41, 5.74) is 2.43. The van der Waals surface area contributed by atoms with Gasteiger partial charge in [0, 0.05) is 6.04 Å². The maximum atomic E-state index is 6.38. The van der Waals surface area contributed by atoms with Crippen molar-refractivity contribution in [1.29, 1.82) is 0 Å². The summed E-state index contributed by atoms with van der Waals surface area (Å²) >= 11 is 0. The molecular weight excluding hydrogens is 332 g/mol. The Labute approximate surface area is 163 Å². The number of ether oxygens (including phenoxy) is 1. The highest BCUT2D eigenvalue weighted by atomic mass is 16.5. The van der Waals surface area contributed by atoms with Crippen molar-refractivity contribution in [3.05, 3.63) is 54.1 Å². The fraction of sp³-hybridized carbons (Fsp3) is 0.542. The van der Waals surface area contributed by atoms with Crippen molar-refractivity contribution in [3.8, 4) is 0 Å². The Morgan fingerprint density at radius 2 is 2.00 bits per heavy atom. The first-order chi connectivity index (χ1) is 13.0. The first-order valence-corrected chi connectivity index (χ1v) is 10.3. The SMILES string of the molecule is C=CC[C@@]1(C2=N[C@@H](C(C)(C)C)CO2)c2ccccc2C=C[C@@H]1N1CCCC1. The number of aliphatic imine (C=N–C) groups is 1. The van der Waals surface area contributed by atoms with E-state index >= 15 is 0 Å². The van der Waals surface area contributed by atoms with Gasteiger partial charge in [0.05, 0.1) is 11.5 Å². The Hall–Kier alpha value is -1.87. The molecule has 0 radical (unpaired) electrons. The molecule has 3 heteroatoms. The number of benzene rings is 1. The summed E-state index contributed by atoms with van der Waals surface area (Å²) in [4.78, 5) is 7.80. The van der Waals surface area contributed by atoms with Gasteiger partial charge in [0.15, 0.2) is 5.90 Å². The molecule has 2 aliphatic heterocycles. The standard InChI is InChI=1S/C24H32N2O/c1-5-14-24(22-25-20(17-27-22)23(2,3)4)19-11-7-6-10-18(19)12-13-21(24)26-15-8-9-16-26/h5-7,10-13,20-21H,1,8-9,14-17H2,2-4H3/t20-,21+,24-/m1/s1. The molecule has 0 N–H and O–H groups in total. The van der Waals surface area contributed by atoms with Gasteiger partial charge in [0.2, 0.25) is 0 Å². The van der Waals surface area contributed by atoms with E-state index in [4.69, 9.17) is 9.73 Å². The topological polar surface area (TPSA) is 24.8 Å². The molecule has 1 aromatic rings. The molecule has 27 heavy (non-hydrogen) atoms. The van der Waals surface area contributed by atoms with Crippen molar-refractivity contribution in [1.82, 2.24) is 4.90 Å². The predicted octanol–water partition coefficient (Wildman–Crippen LogP) is 4.84. The first-order valence-electron chi connectivity index (χ1n) is 10.3. The molecule has 0 bridgehead atoms. The van der Waals surface area contributed by atoms with Crippen molar-refractivity contribution in [2.75, 3.05) is 19.7 Å². The number of allylic oxidation sites excluding steroid dienone is 1. The highest BCUT2D eigenvalue weighted by molar-refractivity contribution is 5.93. The molecule has 3 nitrogen and oxygen atoms in total. The van der Waals surface area contributed by atoms with Gasteiger partial charge in [-0.2, -0.15) is 0 Å². The van der Waals surface area contributed by atoms with Crippen LogP contribution in [0.5, 0.6) is 0 Å². The van der Waals surface area contributed by atoms with Gasteiger partial charge in [-0.3, -0.25) is 4.90 Å². The van der Waals surface area contributed by atoms with E-state index in [1.54, 1.807) is 0 Å². The molecule has 1 aromatic carbocycles. The smallest absolute Gasteiger partial charge is 0.196 e. The highest BCUT2D eigenvalue weighted by Crippen LogP contribution is 2.45. The molecule has 0 amide bonds. The van der Waals surface area contributed by atoms with Crippen molar-refractivity contribution in [2.24, 2.45) is 10.4 Å². The van der Waals surface area contributed by atoms with Crippen LogP contribution >= 0.6 is 0 Å². The van der Waals surface area contributed by atoms with E-state index in [1.807, 2.05) is 0 Å². The Bertz CT molecular complexity index is 767. The third kappa shape index (κ3) is 3.06. The van der Waals surface area contributed by atoms with Crippen molar-refractivity contribution < 1.29 is 4.74 Å². The fourth-order valence-corrected chi connectivity index (χ4v) is 4.87. The summed E-state index contributed by atoms with van der Waals surface area (Å²) in [6, 6.07) is 9.21. The van der Waals surface area contributed by atoms with E-state index in [9.17, 15) is 0 Å². The van der Waals surface area contributed by atoms with Crippen LogP contribution in [0.2, 0.25) is 0 Å². The quantitative estimate of drug-likeness (QED) is 0.715. The molecule has 1 saturated heterocycles. The summed E-state index contributed by atoms with van der Waals surface area (Å²) in [6.45, 7) is 13.8. The summed E-state index contributed by atoms with van der Waals surface area (Å²) in [6.07, 6.45) is 10.1. The molecule has 3 aliphatic rings. The lowest BCUT2D eigenvalue weighted by molar-refractivity contribution is 0.185. The number of nitrogens with zero attached hydrogens (tertiary/aromatic N) is 2. The number of fused-ring (bicyclic) bond motifs is 1. The Morgan fingerprint density at radius 1 is 1.26 bits per heavy atom. The van der Waals surface area contributed by atoms with E-state index in [-0.39, 0.29) is 22.9 Å². The summed E-state index contributed by atoms with van der Waals surface area (Å²) < 4.78 is 6.38. The molecule has 1 fully saturated rings. The zero-order valence-corrected chi connectivity index (χ0v) is 16.9. The Balaban J connectivity index is 1.88. The van der Waals surface area contributed by atoms with Crippen molar-refractivity contribution in [2.45, 2.75) is 57.5 Å². The third-order valence-electron chi connectivity index (χ3n) is 6.44. The lowest BCUT2D eigenvalue weighted by atomic mass is 9.66. The zero-order chi connectivity index (χ0) is 19.1. The minimum Gasteiger partial charge on any atom is -0.478 e. The van der Waals surface area contributed by atoms with Crippen molar-refractivity contribution in [3.63, 3.8) is 0 Å². The van der Waals surface area contributed by atoms with Crippen LogP contribution in [0.15, 0.2) is 48.0 Å². The minimum absolute atomic E-state index is 0.101. The van der Waals surface area contributed by atoms with Gasteiger partial charge in [0.25, 0.3) is 0 Å². The maximum absolute atomic E-state index is 6.38. The normalized spacial score (nSPS) is 30.7. The average Bonchev–Trinajstić information content (AvgIpc) is 3.34. The molecule has 0 spiro atoms. The summed E-state index contributed by atoms with van der Waals surface area (Å²) in [7, 11) is 0. The minimum atomic E-state index is -0.280. The number of hydrogen-bond acceptors (Lipinski definition) is 3. The molecule has 144 valence electrons. The second kappa shape index (κ2) is 6.94. The van der Waals surface area contributed by atoms with Crippen LogP contribution in [0.25, 0.3) is 6.08 Å². The van der Waals surface area contributed by atoms with Crippen LogP contribution in [-0.4, -0.2) is 42.6 Å². The van der Waals surface area contributed by atoms with E-state index in [0.717, 1.165) is 25.4 Å². The van der Waals surface area contributed by atoms with Gasteiger partial charge in [-0.1, -0.05) is 63.3 Å². The van der Waals surface area contributed by atoms with Crippen LogP contribution in [0, 0.1) is 5.41 Å². The van der Waals surface area contributed by atoms with E-state index < -0.39 is 0 Å². The lowest BCUT2D eigenvalue weighted by Crippen LogP contribution is -2.55. The average molecular weight is 365 g/mol. The summed E-state index contributed by atoms with van der Waals surface area (Å²) in [5, 5.41) is 0. The second-order valence-electron chi connectivity index (χ2n) is 9.23. The van der Waals surface area contributed by atoms with E-state index in [1.165, 1.54) is 24.0 Å². The number of rotatable bonds is 4. The van der Waals surface area contributed by atoms with Gasteiger partial charge >= 0.3 is 0 Å². The van der Waals surface area contributed by atoms with Gasteiger partial charge in [-0.15, -0.1) is 6.58 Å². The van der Waals surface area contributed by atoms with Gasteiger partial charge in [0.1, 0.15) is 6.61 Å². The van der Waals surface area contributed by atoms with Gasteiger partial charge < -0.3 is 4.74 Å². The molecular formula is C24H32N2O. The highest BCUT2D eigenvalue weighted by Gasteiger charge is 2.52. The molecule has 1 aliphatic carbocycles. The van der Waals surface area contributed by atoms with Gasteiger partial charge in [-0.25, -0.2) is 4.99 Å². The largest absolute Gasteiger partial charge is 0.478 e. The van der Waals surface area contributed by atoms with Crippen LogP contribution in [0.3, 0.4) is 0 Å². The van der Waals surface area contributed by atoms with Gasteiger partial charge in [-0.05, 0) is 48.9 Å². The van der Waals surface area contributed by atoms with Crippen LogP contribution < -0.4 is 0 Å². The monoisotopic (exact) mass is 364 g/mol. The molecule has 0 saturated carbocycles. The molecule has 4 rings (SSSR count). The number of hydrogen-bond donors (Lipinski definition) is 0. The van der Waals surface area contributed by atoms with E-state index in [0.29, 0.717) is 6.61 Å². The zero-order valence-electron chi connectivity index (χ0n) is 16.9. The third-order valence-corrected chi connectivity index (χ3v) is 6.44. The van der Waals surface area contributed by atoms with E-state index in [2.05, 4.69) is 74.7 Å². The van der Waals surface area contributed by atoms with Crippen LogP contribution in [0.1, 0.15) is 51.2 Å². The van der Waals surface area contributed by atoms with Crippen LogP contribution in [0.4, 0.5) is 0 Å². The molecule has 2 heterocycles. The molecule has 3 atom stereocenters. The molecule has 0 unspecified atom stereocenters. The van der Waals surface area contributed by atoms with Crippen molar-refractivity contribution >= 4 is 12.0 Å². The predicted molar refractivity (Wildman–Crippen MR) is 113 cm³/mol. The second-order valence-corrected chi connectivity index (χ2v) is 9.23. The lowest BCUT2D eigenvalue weighted by Gasteiger charge is -2.45. The van der Waals surface area contributed by atoms with Crippen LogP contribution in [-0.2, 0) is 10.2 Å².